The third kappa shape index (κ3) is 3.86. The number of ether oxygens (including phenoxy) is 2. The molecule has 2 aromatic rings. The van der Waals surface area contributed by atoms with Gasteiger partial charge in [-0.25, -0.2) is 0 Å². The van der Waals surface area contributed by atoms with Crippen LogP contribution in [0.15, 0.2) is 40.9 Å². The molecule has 0 saturated heterocycles. The van der Waals surface area contributed by atoms with E-state index in [1.54, 1.807) is 19.2 Å². The molecule has 0 spiro atoms. The lowest BCUT2D eigenvalue weighted by molar-refractivity contribution is -0.385. The molecule has 0 aliphatic carbocycles. The average molecular weight is 373 g/mol. The van der Waals surface area contributed by atoms with Crippen molar-refractivity contribution in [1.29, 1.82) is 0 Å². The minimum atomic E-state index is -0.508. The largest absolute Gasteiger partial charge is 0.497 e. The first-order valence-electron chi connectivity index (χ1n) is 5.90. The van der Waals surface area contributed by atoms with Crippen LogP contribution in [-0.4, -0.2) is 12.0 Å². The molecule has 0 saturated carbocycles. The SMILES string of the molecule is COc1ccc(Br)c(COc2cc(Cl)ccc2[N+](=O)[O-])c1. The van der Waals surface area contributed by atoms with Crippen LogP contribution < -0.4 is 9.47 Å². The van der Waals surface area contributed by atoms with Gasteiger partial charge in [0.1, 0.15) is 12.4 Å². The standard InChI is InChI=1S/C14H11BrClNO4/c1-20-11-3-4-12(15)9(6-11)8-21-14-7-10(16)2-5-13(14)17(18)19/h2-7H,8H2,1H3. The molecular weight excluding hydrogens is 362 g/mol. The molecule has 0 amide bonds. The second kappa shape index (κ2) is 6.78. The number of hydrogen-bond donors (Lipinski definition) is 0. The molecular formula is C14H11BrClNO4. The maximum absolute atomic E-state index is 11.0. The van der Waals surface area contributed by atoms with Gasteiger partial charge in [0, 0.05) is 27.2 Å². The fourth-order valence-corrected chi connectivity index (χ4v) is 2.22. The molecule has 0 heterocycles. The molecule has 0 N–H and O–H groups in total. The van der Waals surface area contributed by atoms with E-state index < -0.39 is 4.92 Å². The zero-order valence-corrected chi connectivity index (χ0v) is 13.3. The van der Waals surface area contributed by atoms with Gasteiger partial charge in [0.15, 0.2) is 5.75 Å². The quantitative estimate of drug-likeness (QED) is 0.568. The second-order valence-corrected chi connectivity index (χ2v) is 5.41. The molecule has 0 fully saturated rings. The molecule has 0 unspecified atom stereocenters. The van der Waals surface area contributed by atoms with Gasteiger partial charge >= 0.3 is 5.69 Å². The summed E-state index contributed by atoms with van der Waals surface area (Å²) >= 11 is 9.25. The predicted molar refractivity (Wildman–Crippen MR) is 83.1 cm³/mol. The Morgan fingerprint density at radius 1 is 1.29 bits per heavy atom. The summed E-state index contributed by atoms with van der Waals surface area (Å²) in [5.41, 5.74) is 0.682. The van der Waals surface area contributed by atoms with E-state index in [0.717, 1.165) is 10.0 Å². The van der Waals surface area contributed by atoms with Crippen LogP contribution >= 0.6 is 27.5 Å². The maximum atomic E-state index is 11.0. The van der Waals surface area contributed by atoms with E-state index in [4.69, 9.17) is 21.1 Å². The van der Waals surface area contributed by atoms with Gasteiger partial charge in [-0.15, -0.1) is 0 Å². The Hall–Kier alpha value is -1.79. The van der Waals surface area contributed by atoms with Crippen molar-refractivity contribution in [2.45, 2.75) is 6.61 Å². The van der Waals surface area contributed by atoms with Gasteiger partial charge in [-0.05, 0) is 24.3 Å². The predicted octanol–water partition coefficient (Wildman–Crippen LogP) is 4.60. The van der Waals surface area contributed by atoms with E-state index in [-0.39, 0.29) is 18.0 Å². The van der Waals surface area contributed by atoms with Crippen LogP contribution in [0, 0.1) is 10.1 Å². The van der Waals surface area contributed by atoms with Crippen molar-refractivity contribution in [3.63, 3.8) is 0 Å². The molecule has 0 aliphatic rings. The van der Waals surface area contributed by atoms with Crippen molar-refractivity contribution >= 4 is 33.2 Å². The number of nitro benzene ring substituents is 1. The number of hydrogen-bond acceptors (Lipinski definition) is 4. The van der Waals surface area contributed by atoms with E-state index in [1.165, 1.54) is 18.2 Å². The molecule has 0 atom stereocenters. The Bertz CT molecular complexity index is 678. The van der Waals surface area contributed by atoms with E-state index in [0.29, 0.717) is 10.8 Å². The van der Waals surface area contributed by atoms with Crippen LogP contribution in [0.5, 0.6) is 11.5 Å². The summed E-state index contributed by atoms with van der Waals surface area (Å²) in [7, 11) is 1.57. The van der Waals surface area contributed by atoms with Gasteiger partial charge in [-0.1, -0.05) is 27.5 Å². The third-order valence-corrected chi connectivity index (χ3v) is 3.76. The van der Waals surface area contributed by atoms with E-state index in [1.807, 2.05) is 6.07 Å². The molecule has 7 heteroatoms. The molecule has 0 aromatic heterocycles. The lowest BCUT2D eigenvalue weighted by atomic mass is 10.2. The van der Waals surface area contributed by atoms with E-state index in [9.17, 15) is 10.1 Å². The van der Waals surface area contributed by atoms with Crippen LogP contribution in [-0.2, 0) is 6.61 Å². The number of nitrogens with zero attached hydrogens (tertiary/aromatic N) is 1. The molecule has 0 aliphatic heterocycles. The molecule has 21 heavy (non-hydrogen) atoms. The third-order valence-electron chi connectivity index (χ3n) is 2.75. The molecule has 110 valence electrons. The van der Waals surface area contributed by atoms with Crippen LogP contribution in [0.2, 0.25) is 5.02 Å². The zero-order valence-electron chi connectivity index (χ0n) is 11.0. The van der Waals surface area contributed by atoms with Gasteiger partial charge in [-0.2, -0.15) is 0 Å². The smallest absolute Gasteiger partial charge is 0.311 e. The highest BCUT2D eigenvalue weighted by atomic mass is 79.9. The van der Waals surface area contributed by atoms with Gasteiger partial charge < -0.3 is 9.47 Å². The first-order chi connectivity index (χ1) is 10.0. The monoisotopic (exact) mass is 371 g/mol. The van der Waals surface area contributed by atoms with Crippen LogP contribution in [0.3, 0.4) is 0 Å². The maximum Gasteiger partial charge on any atom is 0.311 e. The Labute approximate surface area is 134 Å². The number of halogens is 2. The summed E-state index contributed by atoms with van der Waals surface area (Å²) < 4.78 is 11.5. The van der Waals surface area contributed by atoms with Gasteiger partial charge in [-0.3, -0.25) is 10.1 Å². The van der Waals surface area contributed by atoms with E-state index in [2.05, 4.69) is 15.9 Å². The number of benzene rings is 2. The molecule has 0 radical (unpaired) electrons. The minimum Gasteiger partial charge on any atom is -0.497 e. The summed E-state index contributed by atoms with van der Waals surface area (Å²) in [6, 6.07) is 9.61. The van der Waals surface area contributed by atoms with Gasteiger partial charge in [0.2, 0.25) is 0 Å². The normalized spacial score (nSPS) is 10.2. The first-order valence-corrected chi connectivity index (χ1v) is 7.07. The fourth-order valence-electron chi connectivity index (χ4n) is 1.70. The summed E-state index contributed by atoms with van der Waals surface area (Å²) in [6.45, 7) is 0.152. The summed E-state index contributed by atoms with van der Waals surface area (Å²) in [5.74, 6) is 0.805. The number of methoxy groups -OCH3 is 1. The number of rotatable bonds is 5. The first kappa shape index (κ1) is 15.6. The Morgan fingerprint density at radius 3 is 2.71 bits per heavy atom. The van der Waals surface area contributed by atoms with Crippen molar-refractivity contribution in [3.05, 3.63) is 61.6 Å². The van der Waals surface area contributed by atoms with Crippen molar-refractivity contribution < 1.29 is 14.4 Å². The van der Waals surface area contributed by atoms with Crippen molar-refractivity contribution in [2.75, 3.05) is 7.11 Å². The van der Waals surface area contributed by atoms with E-state index >= 15 is 0 Å². The fraction of sp³-hybridized carbons (Fsp3) is 0.143. The lowest BCUT2D eigenvalue weighted by Gasteiger charge is -2.10. The summed E-state index contributed by atoms with van der Waals surface area (Å²) in [5, 5.41) is 11.3. The van der Waals surface area contributed by atoms with Gasteiger partial charge in [0.25, 0.3) is 0 Å². The number of nitro groups is 1. The average Bonchev–Trinajstić information content (AvgIpc) is 2.46. The Kier molecular flexibility index (Phi) is 5.03. The molecule has 2 aromatic carbocycles. The van der Waals surface area contributed by atoms with Crippen LogP contribution in [0.1, 0.15) is 5.56 Å². The van der Waals surface area contributed by atoms with Crippen molar-refractivity contribution in [2.24, 2.45) is 0 Å². The van der Waals surface area contributed by atoms with Crippen molar-refractivity contribution in [3.8, 4) is 11.5 Å². The molecule has 2 rings (SSSR count). The zero-order chi connectivity index (χ0) is 15.4. The highest BCUT2D eigenvalue weighted by molar-refractivity contribution is 9.10. The highest BCUT2D eigenvalue weighted by Gasteiger charge is 2.16. The van der Waals surface area contributed by atoms with Crippen molar-refractivity contribution in [1.82, 2.24) is 0 Å². The Morgan fingerprint density at radius 2 is 2.05 bits per heavy atom. The topological polar surface area (TPSA) is 61.6 Å². The molecule has 0 bridgehead atoms. The van der Waals surface area contributed by atoms with Crippen LogP contribution in [0.25, 0.3) is 0 Å². The van der Waals surface area contributed by atoms with Gasteiger partial charge in [0.05, 0.1) is 12.0 Å². The van der Waals surface area contributed by atoms with Crippen LogP contribution in [0.4, 0.5) is 5.69 Å². The minimum absolute atomic E-state index is 0.126. The highest BCUT2D eigenvalue weighted by Crippen LogP contribution is 2.31. The summed E-state index contributed by atoms with van der Waals surface area (Å²) in [4.78, 5) is 10.5. The Balaban J connectivity index is 2.24. The summed E-state index contributed by atoms with van der Waals surface area (Å²) in [6.07, 6.45) is 0. The lowest BCUT2D eigenvalue weighted by Crippen LogP contribution is -2.00. The molecule has 5 nitrogen and oxygen atoms in total. The second-order valence-electron chi connectivity index (χ2n) is 4.12.